The first-order valence-corrected chi connectivity index (χ1v) is 6.67. The standard InChI is InChI=1S/C7H6F2O5S2/c8-7(9,16(12,13)14)15(10,11)6-4-2-1-3-5-6/h1-5H,(H,12,13,14). The summed E-state index contributed by atoms with van der Waals surface area (Å²) in [4.78, 5) is -0.891. The average molecular weight is 272 g/mol. The Labute approximate surface area is 90.4 Å². The van der Waals surface area contributed by atoms with Gasteiger partial charge in [0.15, 0.2) is 0 Å². The highest BCUT2D eigenvalue weighted by molar-refractivity contribution is 8.07. The first-order chi connectivity index (χ1) is 7.11. The van der Waals surface area contributed by atoms with Gasteiger partial charge in [-0.25, -0.2) is 8.42 Å². The van der Waals surface area contributed by atoms with Gasteiger partial charge in [-0.1, -0.05) is 18.2 Å². The molecule has 1 aromatic rings. The molecule has 0 spiro atoms. The van der Waals surface area contributed by atoms with Gasteiger partial charge in [0.25, 0.3) is 9.84 Å². The van der Waals surface area contributed by atoms with Crippen molar-refractivity contribution >= 4 is 20.0 Å². The maximum absolute atomic E-state index is 13.0. The van der Waals surface area contributed by atoms with Crippen LogP contribution in [0.2, 0.25) is 0 Å². The molecule has 1 rings (SSSR count). The first kappa shape index (κ1) is 13.0. The fourth-order valence-electron chi connectivity index (χ4n) is 0.875. The van der Waals surface area contributed by atoms with Crippen LogP contribution in [0.1, 0.15) is 0 Å². The summed E-state index contributed by atoms with van der Waals surface area (Å²) in [5.74, 6) is 0. The van der Waals surface area contributed by atoms with Crippen molar-refractivity contribution in [3.63, 3.8) is 0 Å². The van der Waals surface area contributed by atoms with Gasteiger partial charge in [0, 0.05) is 0 Å². The van der Waals surface area contributed by atoms with Crippen LogP contribution in [-0.4, -0.2) is 26.0 Å². The van der Waals surface area contributed by atoms with E-state index >= 15 is 0 Å². The van der Waals surface area contributed by atoms with E-state index in [9.17, 15) is 25.6 Å². The number of hydrogen-bond acceptors (Lipinski definition) is 4. The molecule has 0 saturated carbocycles. The molecule has 90 valence electrons. The van der Waals surface area contributed by atoms with Crippen LogP contribution in [0, 0.1) is 0 Å². The second kappa shape index (κ2) is 3.75. The maximum Gasteiger partial charge on any atom is 0.474 e. The van der Waals surface area contributed by atoms with Crippen LogP contribution in [0.15, 0.2) is 35.2 Å². The van der Waals surface area contributed by atoms with E-state index in [2.05, 4.69) is 0 Å². The van der Waals surface area contributed by atoms with Gasteiger partial charge < -0.3 is 0 Å². The molecule has 1 N–H and O–H groups in total. The number of rotatable bonds is 3. The fraction of sp³-hybridized carbons (Fsp3) is 0.143. The van der Waals surface area contributed by atoms with Crippen molar-refractivity contribution in [2.24, 2.45) is 0 Å². The molecule has 0 aliphatic heterocycles. The van der Waals surface area contributed by atoms with Gasteiger partial charge in [-0.3, -0.25) is 4.55 Å². The molecule has 0 unspecified atom stereocenters. The largest absolute Gasteiger partial charge is 0.474 e. The fourth-order valence-corrected chi connectivity index (χ4v) is 3.06. The Morgan fingerprint density at radius 1 is 1.00 bits per heavy atom. The topological polar surface area (TPSA) is 88.5 Å². The predicted molar refractivity (Wildman–Crippen MR) is 50.1 cm³/mol. The summed E-state index contributed by atoms with van der Waals surface area (Å²) in [5, 5.41) is 0. The number of alkyl halides is 2. The van der Waals surface area contributed by atoms with Gasteiger partial charge in [-0.05, 0) is 12.1 Å². The van der Waals surface area contributed by atoms with E-state index in [4.69, 9.17) is 4.55 Å². The summed E-state index contributed by atoms with van der Waals surface area (Å²) in [7, 11) is -11.5. The highest BCUT2D eigenvalue weighted by Gasteiger charge is 2.57. The molecule has 16 heavy (non-hydrogen) atoms. The third kappa shape index (κ3) is 1.93. The van der Waals surface area contributed by atoms with Gasteiger partial charge >= 0.3 is 14.7 Å². The van der Waals surface area contributed by atoms with Gasteiger partial charge in [0.1, 0.15) is 0 Å². The number of benzene rings is 1. The van der Waals surface area contributed by atoms with Crippen molar-refractivity contribution in [3.05, 3.63) is 30.3 Å². The monoisotopic (exact) mass is 272 g/mol. The molecule has 0 fully saturated rings. The number of hydrogen-bond donors (Lipinski definition) is 1. The van der Waals surface area contributed by atoms with Crippen molar-refractivity contribution in [1.29, 1.82) is 0 Å². The van der Waals surface area contributed by atoms with Crippen LogP contribution in [0.5, 0.6) is 0 Å². The Hall–Kier alpha value is -1.06. The molecule has 0 aliphatic carbocycles. The van der Waals surface area contributed by atoms with Crippen LogP contribution in [0.4, 0.5) is 8.78 Å². The van der Waals surface area contributed by atoms with E-state index in [0.717, 1.165) is 24.3 Å². The van der Waals surface area contributed by atoms with Crippen molar-refractivity contribution < 1.29 is 30.2 Å². The molecule has 0 saturated heterocycles. The number of halogens is 2. The summed E-state index contributed by atoms with van der Waals surface area (Å²) >= 11 is 0. The zero-order chi connectivity index (χ0) is 12.6. The second-order valence-electron chi connectivity index (χ2n) is 2.75. The van der Waals surface area contributed by atoms with Gasteiger partial charge in [0.05, 0.1) is 4.90 Å². The highest BCUT2D eigenvalue weighted by atomic mass is 32.3. The minimum absolute atomic E-state index is 0.800. The Morgan fingerprint density at radius 2 is 1.44 bits per heavy atom. The van der Waals surface area contributed by atoms with Crippen molar-refractivity contribution in [2.75, 3.05) is 0 Å². The Bertz CT molecular complexity index is 576. The molecule has 0 bridgehead atoms. The van der Waals surface area contributed by atoms with E-state index in [0.29, 0.717) is 0 Å². The summed E-state index contributed by atoms with van der Waals surface area (Å²) in [6.07, 6.45) is 0. The summed E-state index contributed by atoms with van der Waals surface area (Å²) in [6.45, 7) is 0. The molecular weight excluding hydrogens is 266 g/mol. The van der Waals surface area contributed by atoms with Crippen molar-refractivity contribution in [1.82, 2.24) is 0 Å². The van der Waals surface area contributed by atoms with Crippen LogP contribution < -0.4 is 0 Å². The van der Waals surface area contributed by atoms with Crippen LogP contribution in [0.25, 0.3) is 0 Å². The maximum atomic E-state index is 13.0. The van der Waals surface area contributed by atoms with Gasteiger partial charge in [0.2, 0.25) is 0 Å². The van der Waals surface area contributed by atoms with E-state index in [1.54, 1.807) is 0 Å². The van der Waals surface area contributed by atoms with Crippen molar-refractivity contribution in [2.45, 2.75) is 9.48 Å². The Kier molecular flexibility index (Phi) is 3.05. The molecule has 0 heterocycles. The minimum Gasteiger partial charge on any atom is -0.280 e. The van der Waals surface area contributed by atoms with Crippen molar-refractivity contribution in [3.8, 4) is 0 Å². The van der Waals surface area contributed by atoms with Crippen LogP contribution in [-0.2, 0) is 20.0 Å². The van der Waals surface area contributed by atoms with Crippen LogP contribution >= 0.6 is 0 Å². The zero-order valence-corrected chi connectivity index (χ0v) is 9.17. The average Bonchev–Trinajstić information content (AvgIpc) is 2.17. The molecule has 0 aliphatic rings. The van der Waals surface area contributed by atoms with Gasteiger partial charge in [-0.15, -0.1) is 0 Å². The molecule has 0 atom stereocenters. The summed E-state index contributed by atoms with van der Waals surface area (Å²) in [6, 6.07) is 5.26. The zero-order valence-electron chi connectivity index (χ0n) is 7.54. The molecule has 1 aromatic carbocycles. The number of sulfone groups is 1. The summed E-state index contributed by atoms with van der Waals surface area (Å²) < 4.78 is 71.9. The lowest BCUT2D eigenvalue weighted by atomic mass is 10.4. The Morgan fingerprint density at radius 3 is 1.81 bits per heavy atom. The normalized spacial score (nSPS) is 13.7. The molecular formula is C7H6F2O5S2. The SMILES string of the molecule is O=S(=O)(O)C(F)(F)S(=O)(=O)c1ccccc1. The minimum atomic E-state index is -6.03. The third-order valence-corrected chi connectivity index (χ3v) is 5.08. The second-order valence-corrected chi connectivity index (χ2v) is 6.47. The Balaban J connectivity index is 3.47. The molecule has 0 amide bonds. The molecule has 5 nitrogen and oxygen atoms in total. The molecule has 0 aromatic heterocycles. The smallest absolute Gasteiger partial charge is 0.280 e. The first-order valence-electron chi connectivity index (χ1n) is 3.75. The van der Waals surface area contributed by atoms with Crippen LogP contribution in [0.3, 0.4) is 0 Å². The molecule has 0 radical (unpaired) electrons. The quantitative estimate of drug-likeness (QED) is 0.826. The van der Waals surface area contributed by atoms with E-state index in [1.807, 2.05) is 0 Å². The van der Waals surface area contributed by atoms with E-state index < -0.39 is 29.4 Å². The van der Waals surface area contributed by atoms with E-state index in [1.165, 1.54) is 6.07 Å². The predicted octanol–water partition coefficient (Wildman–Crippen LogP) is 0.898. The lowest BCUT2D eigenvalue weighted by molar-refractivity contribution is 0.166. The third-order valence-electron chi connectivity index (χ3n) is 1.67. The van der Waals surface area contributed by atoms with E-state index in [-0.39, 0.29) is 0 Å². The van der Waals surface area contributed by atoms with Gasteiger partial charge in [-0.2, -0.15) is 17.2 Å². The lowest BCUT2D eigenvalue weighted by Gasteiger charge is -2.13. The molecule has 9 heteroatoms. The highest BCUT2D eigenvalue weighted by Crippen LogP contribution is 2.33. The lowest BCUT2D eigenvalue weighted by Crippen LogP contribution is -2.37. The summed E-state index contributed by atoms with van der Waals surface area (Å²) in [5.41, 5.74) is 0.